The van der Waals surface area contributed by atoms with Crippen LogP contribution in [0.2, 0.25) is 0 Å². The highest BCUT2D eigenvalue weighted by molar-refractivity contribution is 6.02. The van der Waals surface area contributed by atoms with Crippen LogP contribution < -0.4 is 11.1 Å². The Morgan fingerprint density at radius 3 is 2.86 bits per heavy atom. The standard InChI is InChI=1S/C12H12N6O3/c1-7(9-5-3-4-6-10(9)18(20)21)14-16-11-8(2)15-17-12(19)13-11/h3-6H,1-2H3,(H2,13,16,17,19). The fraction of sp³-hybridized carbons (Fsp3) is 0.167. The van der Waals surface area contributed by atoms with E-state index in [0.29, 0.717) is 17.0 Å². The van der Waals surface area contributed by atoms with Gasteiger partial charge in [0.25, 0.3) is 5.69 Å². The SMILES string of the molecule is CC(=NNc1nc(=O)[nH]nc1C)c1ccccc1[N+](=O)[O-]. The van der Waals surface area contributed by atoms with Crippen molar-refractivity contribution >= 4 is 17.2 Å². The molecule has 1 heterocycles. The van der Waals surface area contributed by atoms with Gasteiger partial charge in [-0.15, -0.1) is 0 Å². The first-order chi connectivity index (χ1) is 9.99. The van der Waals surface area contributed by atoms with Gasteiger partial charge in [0, 0.05) is 6.07 Å². The number of anilines is 1. The normalized spacial score (nSPS) is 11.2. The Morgan fingerprint density at radius 2 is 2.14 bits per heavy atom. The second-order valence-electron chi connectivity index (χ2n) is 4.16. The van der Waals surface area contributed by atoms with E-state index in [1.807, 2.05) is 0 Å². The molecule has 0 fully saturated rings. The van der Waals surface area contributed by atoms with Gasteiger partial charge in [0.2, 0.25) is 0 Å². The highest BCUT2D eigenvalue weighted by atomic mass is 16.6. The van der Waals surface area contributed by atoms with Crippen LogP contribution in [0.3, 0.4) is 0 Å². The van der Waals surface area contributed by atoms with Crippen LogP contribution in [0, 0.1) is 17.0 Å². The lowest BCUT2D eigenvalue weighted by Gasteiger charge is -2.04. The maximum atomic E-state index is 11.1. The average Bonchev–Trinajstić information content (AvgIpc) is 2.47. The molecule has 1 aromatic carbocycles. The molecule has 0 amide bonds. The summed E-state index contributed by atoms with van der Waals surface area (Å²) < 4.78 is 0. The molecule has 0 atom stereocenters. The number of H-pyrrole nitrogens is 1. The number of nitrogens with zero attached hydrogens (tertiary/aromatic N) is 4. The van der Waals surface area contributed by atoms with Crippen LogP contribution in [0.15, 0.2) is 34.2 Å². The number of aromatic amines is 1. The van der Waals surface area contributed by atoms with Gasteiger partial charge in [-0.25, -0.2) is 9.89 Å². The predicted octanol–water partition coefficient (Wildman–Crippen LogP) is 1.22. The third-order valence-electron chi connectivity index (χ3n) is 2.70. The molecular formula is C12H12N6O3. The topological polar surface area (TPSA) is 126 Å². The number of hydrogen-bond donors (Lipinski definition) is 2. The minimum atomic E-state index is -0.610. The van der Waals surface area contributed by atoms with E-state index < -0.39 is 10.6 Å². The first-order valence-corrected chi connectivity index (χ1v) is 5.96. The molecule has 0 aliphatic rings. The number of nitro groups is 1. The minimum absolute atomic E-state index is 0.0470. The zero-order valence-electron chi connectivity index (χ0n) is 11.3. The number of rotatable bonds is 4. The Balaban J connectivity index is 2.32. The zero-order chi connectivity index (χ0) is 15.4. The second kappa shape index (κ2) is 5.90. The van der Waals surface area contributed by atoms with Crippen LogP contribution in [0.1, 0.15) is 18.2 Å². The van der Waals surface area contributed by atoms with Gasteiger partial charge in [-0.2, -0.15) is 15.2 Å². The average molecular weight is 288 g/mol. The summed E-state index contributed by atoms with van der Waals surface area (Å²) in [5.41, 5.74) is 3.16. The van der Waals surface area contributed by atoms with Crippen LogP contribution in [0.5, 0.6) is 0 Å². The van der Waals surface area contributed by atoms with E-state index in [1.165, 1.54) is 6.07 Å². The number of benzene rings is 1. The molecule has 0 radical (unpaired) electrons. The van der Waals surface area contributed by atoms with E-state index in [2.05, 4.69) is 25.7 Å². The number of hydrazone groups is 1. The molecule has 0 aliphatic carbocycles. The van der Waals surface area contributed by atoms with Gasteiger partial charge in [0.1, 0.15) is 5.69 Å². The molecule has 21 heavy (non-hydrogen) atoms. The van der Waals surface area contributed by atoms with Crippen molar-refractivity contribution in [1.29, 1.82) is 0 Å². The molecule has 0 unspecified atom stereocenters. The van der Waals surface area contributed by atoms with E-state index in [9.17, 15) is 14.9 Å². The van der Waals surface area contributed by atoms with Gasteiger partial charge in [-0.05, 0) is 19.9 Å². The molecule has 9 heteroatoms. The fourth-order valence-corrected chi connectivity index (χ4v) is 1.63. The van der Waals surface area contributed by atoms with Gasteiger partial charge in [0.05, 0.1) is 16.2 Å². The predicted molar refractivity (Wildman–Crippen MR) is 76.3 cm³/mol. The third kappa shape index (κ3) is 3.26. The van der Waals surface area contributed by atoms with Crippen molar-refractivity contribution in [3.63, 3.8) is 0 Å². The smallest absolute Gasteiger partial charge is 0.259 e. The van der Waals surface area contributed by atoms with Gasteiger partial charge >= 0.3 is 5.69 Å². The monoisotopic (exact) mass is 288 g/mol. The lowest BCUT2D eigenvalue weighted by molar-refractivity contribution is -0.385. The Kier molecular flexibility index (Phi) is 4.02. The molecule has 1 aromatic heterocycles. The van der Waals surface area contributed by atoms with Gasteiger partial charge < -0.3 is 0 Å². The summed E-state index contributed by atoms with van der Waals surface area (Å²) in [6, 6.07) is 6.25. The Hall–Kier alpha value is -3.10. The number of aromatic nitrogens is 3. The second-order valence-corrected chi connectivity index (χ2v) is 4.16. The quantitative estimate of drug-likeness (QED) is 0.494. The lowest BCUT2D eigenvalue weighted by Crippen LogP contribution is -2.16. The highest BCUT2D eigenvalue weighted by Gasteiger charge is 2.14. The highest BCUT2D eigenvalue weighted by Crippen LogP contribution is 2.18. The van der Waals surface area contributed by atoms with Crippen LogP contribution in [0.25, 0.3) is 0 Å². The van der Waals surface area contributed by atoms with E-state index >= 15 is 0 Å². The van der Waals surface area contributed by atoms with E-state index in [4.69, 9.17) is 0 Å². The van der Waals surface area contributed by atoms with Gasteiger partial charge in [0.15, 0.2) is 5.82 Å². The van der Waals surface area contributed by atoms with Crippen molar-refractivity contribution in [3.8, 4) is 0 Å². The van der Waals surface area contributed by atoms with Gasteiger partial charge in [-0.1, -0.05) is 12.1 Å². The first-order valence-electron chi connectivity index (χ1n) is 5.96. The Labute approximate surface area is 118 Å². The van der Waals surface area contributed by atoms with Crippen LogP contribution in [-0.2, 0) is 0 Å². The Morgan fingerprint density at radius 1 is 1.43 bits per heavy atom. The zero-order valence-corrected chi connectivity index (χ0v) is 11.3. The van der Waals surface area contributed by atoms with Crippen LogP contribution >= 0.6 is 0 Å². The van der Waals surface area contributed by atoms with Crippen molar-refractivity contribution < 1.29 is 4.92 Å². The molecule has 2 N–H and O–H groups in total. The summed E-state index contributed by atoms with van der Waals surface area (Å²) >= 11 is 0. The molecule has 2 rings (SSSR count). The molecule has 2 aromatic rings. The summed E-state index contributed by atoms with van der Waals surface area (Å²) in [6.45, 7) is 3.26. The molecule has 0 saturated heterocycles. The van der Waals surface area contributed by atoms with E-state index in [0.717, 1.165) is 0 Å². The molecule has 108 valence electrons. The van der Waals surface area contributed by atoms with Crippen molar-refractivity contribution in [3.05, 3.63) is 56.1 Å². The van der Waals surface area contributed by atoms with Crippen molar-refractivity contribution in [2.24, 2.45) is 5.10 Å². The summed E-state index contributed by atoms with van der Waals surface area (Å²) in [4.78, 5) is 25.2. The molecule has 0 spiro atoms. The number of aryl methyl sites for hydroxylation is 1. The summed E-state index contributed by atoms with van der Waals surface area (Å²) in [7, 11) is 0. The minimum Gasteiger partial charge on any atom is -0.259 e. The van der Waals surface area contributed by atoms with E-state index in [-0.39, 0.29) is 11.5 Å². The van der Waals surface area contributed by atoms with Crippen LogP contribution in [-0.4, -0.2) is 25.8 Å². The number of para-hydroxylation sites is 1. The molecular weight excluding hydrogens is 276 g/mol. The third-order valence-corrected chi connectivity index (χ3v) is 2.70. The number of hydrogen-bond acceptors (Lipinski definition) is 7. The molecule has 0 saturated carbocycles. The molecule has 9 nitrogen and oxygen atoms in total. The van der Waals surface area contributed by atoms with Gasteiger partial charge in [-0.3, -0.25) is 15.5 Å². The molecule has 0 bridgehead atoms. The van der Waals surface area contributed by atoms with Crippen molar-refractivity contribution in [2.45, 2.75) is 13.8 Å². The van der Waals surface area contributed by atoms with Crippen molar-refractivity contribution in [1.82, 2.24) is 15.2 Å². The largest absolute Gasteiger partial charge is 0.363 e. The number of nitrogens with one attached hydrogen (secondary N) is 2. The van der Waals surface area contributed by atoms with Crippen molar-refractivity contribution in [2.75, 3.05) is 5.43 Å². The first kappa shape index (κ1) is 14.3. The summed E-state index contributed by atoms with van der Waals surface area (Å²) in [6.07, 6.45) is 0. The maximum Gasteiger partial charge on any atom is 0.363 e. The maximum absolute atomic E-state index is 11.1. The fourth-order valence-electron chi connectivity index (χ4n) is 1.63. The molecule has 0 aliphatic heterocycles. The number of nitro benzene ring substituents is 1. The lowest BCUT2D eigenvalue weighted by atomic mass is 10.1. The van der Waals surface area contributed by atoms with Crippen LogP contribution in [0.4, 0.5) is 11.5 Å². The summed E-state index contributed by atoms with van der Waals surface area (Å²) in [5.74, 6) is 0.191. The summed E-state index contributed by atoms with van der Waals surface area (Å²) in [5, 5.41) is 20.9. The Bertz CT molecular complexity index is 768. The van der Waals surface area contributed by atoms with E-state index in [1.54, 1.807) is 32.0 Å².